The Labute approximate surface area is 159 Å². The molecule has 0 unspecified atom stereocenters. The van der Waals surface area contributed by atoms with E-state index >= 15 is 0 Å². The lowest BCUT2D eigenvalue weighted by Crippen LogP contribution is -2.17. The molecule has 2 N–H and O–H groups in total. The second-order valence-corrected chi connectivity index (χ2v) is 6.07. The zero-order valence-electron chi connectivity index (χ0n) is 14.3. The Kier molecular flexibility index (Phi) is 3.94. The van der Waals surface area contributed by atoms with Crippen molar-refractivity contribution >= 4 is 29.0 Å². The van der Waals surface area contributed by atoms with E-state index in [1.54, 1.807) is 36.4 Å². The van der Waals surface area contributed by atoms with Gasteiger partial charge in [0.25, 0.3) is 0 Å². The maximum absolute atomic E-state index is 11.3. The molecule has 0 fully saturated rings. The molecule has 0 spiro atoms. The second kappa shape index (κ2) is 6.45. The molecule has 136 valence electrons. The number of fused-ring (bicyclic) bond motifs is 2. The first-order valence-corrected chi connectivity index (χ1v) is 8.21. The molecular formula is C21H12N2O5. The first-order valence-electron chi connectivity index (χ1n) is 8.21. The summed E-state index contributed by atoms with van der Waals surface area (Å²) in [7, 11) is 0. The van der Waals surface area contributed by atoms with Gasteiger partial charge in [-0.3, -0.25) is 0 Å². The van der Waals surface area contributed by atoms with Gasteiger partial charge >= 0.3 is 11.9 Å². The van der Waals surface area contributed by atoms with Gasteiger partial charge in [-0.05, 0) is 60.7 Å². The molecule has 0 saturated heterocycles. The highest BCUT2D eigenvalue weighted by Crippen LogP contribution is 2.50. The van der Waals surface area contributed by atoms with Crippen LogP contribution < -0.4 is 9.64 Å². The number of anilines is 3. The summed E-state index contributed by atoms with van der Waals surface area (Å²) in [6.45, 7) is 0. The zero-order chi connectivity index (χ0) is 19.8. The number of carbonyl (C=O) groups is 2. The maximum atomic E-state index is 11.3. The number of carboxylic acid groups (broad SMARTS) is 2. The normalized spacial score (nSPS) is 11.6. The fourth-order valence-corrected chi connectivity index (χ4v) is 3.04. The number of hydrogen-bond donors (Lipinski definition) is 2. The van der Waals surface area contributed by atoms with E-state index in [9.17, 15) is 19.8 Å². The molecule has 0 radical (unpaired) electrons. The number of ether oxygens (including phenoxy) is 1. The van der Waals surface area contributed by atoms with Crippen LogP contribution >= 0.6 is 0 Å². The lowest BCUT2D eigenvalue weighted by molar-refractivity contribution is 0.0686. The highest BCUT2D eigenvalue weighted by atomic mass is 16.5. The number of hydrogen-bond acceptors (Lipinski definition) is 5. The molecule has 0 aliphatic carbocycles. The molecule has 3 aromatic rings. The molecule has 7 heteroatoms. The Bertz CT molecular complexity index is 1100. The van der Waals surface area contributed by atoms with Crippen molar-refractivity contribution in [2.24, 2.45) is 0 Å². The number of nitriles is 1. The Balaban J connectivity index is 1.92. The Morgan fingerprint density at radius 2 is 1.32 bits per heavy atom. The highest BCUT2D eigenvalue weighted by molar-refractivity contribution is 5.94. The summed E-state index contributed by atoms with van der Waals surface area (Å²) >= 11 is 0. The van der Waals surface area contributed by atoms with Crippen LogP contribution in [0.2, 0.25) is 0 Å². The molecule has 3 aromatic carbocycles. The second-order valence-electron chi connectivity index (χ2n) is 6.07. The standard InChI is InChI=1S/C21H12N2O5/c22-11-12-1-5-15(6-2-12)23-16-7-3-13(20(24)25)9-18(16)28-19-10-14(21(26)27)4-8-17(19)23/h1-10H,(H,24,25)(H,26,27). The third kappa shape index (κ3) is 2.79. The van der Waals surface area contributed by atoms with E-state index in [1.807, 2.05) is 4.90 Å². The van der Waals surface area contributed by atoms with Gasteiger partial charge in [-0.15, -0.1) is 0 Å². The van der Waals surface area contributed by atoms with Crippen LogP contribution in [0.25, 0.3) is 0 Å². The highest BCUT2D eigenvalue weighted by Gasteiger charge is 2.27. The summed E-state index contributed by atoms with van der Waals surface area (Å²) in [5, 5.41) is 27.5. The van der Waals surface area contributed by atoms with Crippen molar-refractivity contribution in [3.8, 4) is 17.6 Å². The Hall–Kier alpha value is -4.31. The number of carboxylic acids is 2. The predicted molar refractivity (Wildman–Crippen MR) is 99.8 cm³/mol. The fraction of sp³-hybridized carbons (Fsp3) is 0. The number of benzene rings is 3. The molecule has 1 heterocycles. The quantitative estimate of drug-likeness (QED) is 0.543. The summed E-state index contributed by atoms with van der Waals surface area (Å²) in [5.74, 6) is -1.61. The Morgan fingerprint density at radius 3 is 1.75 bits per heavy atom. The molecule has 1 aliphatic heterocycles. The van der Waals surface area contributed by atoms with Crippen molar-refractivity contribution in [1.82, 2.24) is 0 Å². The van der Waals surface area contributed by atoms with Crippen molar-refractivity contribution in [3.63, 3.8) is 0 Å². The van der Waals surface area contributed by atoms with Crippen molar-refractivity contribution in [1.29, 1.82) is 5.26 Å². The minimum atomic E-state index is -1.10. The van der Waals surface area contributed by atoms with Crippen LogP contribution in [-0.4, -0.2) is 22.2 Å². The van der Waals surface area contributed by atoms with Gasteiger partial charge < -0.3 is 19.8 Å². The van der Waals surface area contributed by atoms with E-state index in [2.05, 4.69) is 6.07 Å². The first-order chi connectivity index (χ1) is 13.5. The van der Waals surface area contributed by atoms with Gasteiger partial charge in [0.05, 0.1) is 34.1 Å². The van der Waals surface area contributed by atoms with Gasteiger partial charge in [-0.25, -0.2) is 9.59 Å². The van der Waals surface area contributed by atoms with Crippen LogP contribution in [0, 0.1) is 11.3 Å². The van der Waals surface area contributed by atoms with Gasteiger partial charge in [0.2, 0.25) is 0 Å². The number of rotatable bonds is 3. The van der Waals surface area contributed by atoms with Gasteiger partial charge in [-0.2, -0.15) is 5.26 Å². The lowest BCUT2D eigenvalue weighted by atomic mass is 10.1. The van der Waals surface area contributed by atoms with E-state index in [0.717, 1.165) is 5.69 Å². The van der Waals surface area contributed by atoms with Crippen LogP contribution in [0.4, 0.5) is 17.1 Å². The SMILES string of the molecule is N#Cc1ccc(N2c3ccc(C(=O)O)cc3Oc3cc(C(=O)O)ccc32)cc1. The summed E-state index contributed by atoms with van der Waals surface area (Å²) in [4.78, 5) is 24.5. The van der Waals surface area contributed by atoms with Crippen LogP contribution in [0.1, 0.15) is 26.3 Å². The fourth-order valence-electron chi connectivity index (χ4n) is 3.04. The van der Waals surface area contributed by atoms with E-state index in [1.165, 1.54) is 24.3 Å². The van der Waals surface area contributed by atoms with Crippen LogP contribution in [0.5, 0.6) is 11.5 Å². The number of nitrogens with zero attached hydrogens (tertiary/aromatic N) is 2. The van der Waals surface area contributed by atoms with Gasteiger partial charge in [0.1, 0.15) is 0 Å². The molecule has 7 nitrogen and oxygen atoms in total. The summed E-state index contributed by atoms with van der Waals surface area (Å²) in [5.41, 5.74) is 2.53. The summed E-state index contributed by atoms with van der Waals surface area (Å²) in [6.07, 6.45) is 0. The van der Waals surface area contributed by atoms with Crippen molar-refractivity contribution in [3.05, 3.63) is 77.4 Å². The molecule has 0 amide bonds. The van der Waals surface area contributed by atoms with Crippen LogP contribution in [0.3, 0.4) is 0 Å². The largest absolute Gasteiger partial charge is 0.478 e. The van der Waals surface area contributed by atoms with Crippen molar-refractivity contribution in [2.75, 3.05) is 4.90 Å². The van der Waals surface area contributed by atoms with Gasteiger partial charge in [0.15, 0.2) is 11.5 Å². The van der Waals surface area contributed by atoms with Crippen LogP contribution in [-0.2, 0) is 0 Å². The van der Waals surface area contributed by atoms with E-state index in [0.29, 0.717) is 28.4 Å². The maximum Gasteiger partial charge on any atom is 0.335 e. The van der Waals surface area contributed by atoms with Gasteiger partial charge in [0, 0.05) is 5.69 Å². The molecule has 0 bridgehead atoms. The minimum absolute atomic E-state index is 0.0522. The molecular weight excluding hydrogens is 360 g/mol. The van der Waals surface area contributed by atoms with E-state index < -0.39 is 11.9 Å². The van der Waals surface area contributed by atoms with Crippen molar-refractivity contribution in [2.45, 2.75) is 0 Å². The van der Waals surface area contributed by atoms with Crippen molar-refractivity contribution < 1.29 is 24.5 Å². The third-order valence-corrected chi connectivity index (χ3v) is 4.37. The Morgan fingerprint density at radius 1 is 0.821 bits per heavy atom. The molecule has 28 heavy (non-hydrogen) atoms. The predicted octanol–water partition coefficient (Wildman–Crippen LogP) is 4.53. The summed E-state index contributed by atoms with van der Waals surface area (Å²) in [6, 6.07) is 17.9. The lowest BCUT2D eigenvalue weighted by Gasteiger charge is -2.33. The monoisotopic (exact) mass is 372 g/mol. The van der Waals surface area contributed by atoms with Crippen LogP contribution in [0.15, 0.2) is 60.7 Å². The average Bonchev–Trinajstić information content (AvgIpc) is 2.71. The topological polar surface area (TPSA) is 111 Å². The molecule has 4 rings (SSSR count). The van der Waals surface area contributed by atoms with Gasteiger partial charge in [-0.1, -0.05) is 0 Å². The first kappa shape index (κ1) is 17.1. The smallest absolute Gasteiger partial charge is 0.335 e. The average molecular weight is 372 g/mol. The molecule has 1 aliphatic rings. The minimum Gasteiger partial charge on any atom is -0.478 e. The van der Waals surface area contributed by atoms with E-state index in [-0.39, 0.29) is 11.1 Å². The number of aromatic carboxylic acids is 2. The zero-order valence-corrected chi connectivity index (χ0v) is 14.3. The third-order valence-electron chi connectivity index (χ3n) is 4.37. The summed E-state index contributed by atoms with van der Waals surface area (Å²) < 4.78 is 5.84. The molecule has 0 aromatic heterocycles. The van der Waals surface area contributed by atoms with E-state index in [4.69, 9.17) is 10.00 Å². The molecule has 0 atom stereocenters. The molecule has 0 saturated carbocycles.